The standard InChI is InChI=1S/C29H39N5O4S/c1-32(2)29(23-10-5-4-6-11-23)16-14-28(15-17-29)21-33(27(36)34(28)19-22-8-7-9-22)20-26(35)31-25-13-12-24(18-30-25)39(3,37)38/h4-6,10-13,18,22H,7-9,14-17,19-21H2,1-3H3,(H,30,31,35)/t28-,29-. The molecule has 1 spiro atoms. The Bertz CT molecular complexity index is 1300. The van der Waals surface area contributed by atoms with Crippen LogP contribution < -0.4 is 5.32 Å². The number of nitrogens with zero attached hydrogens (tertiary/aromatic N) is 4. The Kier molecular flexibility index (Phi) is 7.45. The zero-order chi connectivity index (χ0) is 27.8. The zero-order valence-electron chi connectivity index (χ0n) is 23.1. The third kappa shape index (κ3) is 5.41. The summed E-state index contributed by atoms with van der Waals surface area (Å²) in [6.07, 6.45) is 9.50. The number of sulfone groups is 1. The van der Waals surface area contributed by atoms with E-state index in [4.69, 9.17) is 0 Å². The molecule has 3 fully saturated rings. The van der Waals surface area contributed by atoms with Crippen LogP contribution in [0.3, 0.4) is 0 Å². The zero-order valence-corrected chi connectivity index (χ0v) is 23.9. The van der Waals surface area contributed by atoms with Crippen molar-refractivity contribution in [3.05, 3.63) is 54.2 Å². The first-order chi connectivity index (χ1) is 18.5. The fraction of sp³-hybridized carbons (Fsp3) is 0.552. The summed E-state index contributed by atoms with van der Waals surface area (Å²) in [4.78, 5) is 37.0. The number of hydrogen-bond donors (Lipinski definition) is 1. The van der Waals surface area contributed by atoms with E-state index >= 15 is 0 Å². The third-order valence-corrected chi connectivity index (χ3v) is 10.3. The molecule has 2 aromatic rings. The number of carbonyl (C=O) groups excluding carboxylic acids is 2. The van der Waals surface area contributed by atoms with E-state index in [1.165, 1.54) is 30.3 Å². The van der Waals surface area contributed by atoms with E-state index in [0.29, 0.717) is 12.5 Å². The highest BCUT2D eigenvalue weighted by Crippen LogP contribution is 2.49. The average Bonchev–Trinajstić information content (AvgIpc) is 3.11. The second kappa shape index (κ2) is 10.5. The third-order valence-electron chi connectivity index (χ3n) is 9.17. The van der Waals surface area contributed by atoms with Gasteiger partial charge in [0.1, 0.15) is 12.4 Å². The predicted molar refractivity (Wildman–Crippen MR) is 150 cm³/mol. The SMILES string of the molecule is CN(C)[C@]1(c2ccccc2)CC[C@@]2(CC1)CN(CC(=O)Nc1ccc(S(C)(=O)=O)cn1)C(=O)N2CC1CCC1. The van der Waals surface area contributed by atoms with Gasteiger partial charge in [-0.1, -0.05) is 36.8 Å². The van der Waals surface area contributed by atoms with Gasteiger partial charge in [0.2, 0.25) is 5.91 Å². The fourth-order valence-corrected chi connectivity index (χ4v) is 7.10. The van der Waals surface area contributed by atoms with Crippen LogP contribution in [-0.2, 0) is 20.2 Å². The van der Waals surface area contributed by atoms with Crippen LogP contribution in [0.5, 0.6) is 0 Å². The van der Waals surface area contributed by atoms with Crippen molar-refractivity contribution >= 4 is 27.6 Å². The van der Waals surface area contributed by atoms with Crippen LogP contribution in [0.4, 0.5) is 10.6 Å². The topological polar surface area (TPSA) is 103 Å². The molecule has 0 atom stereocenters. The molecule has 1 N–H and O–H groups in total. The van der Waals surface area contributed by atoms with E-state index in [0.717, 1.165) is 51.3 Å². The number of nitrogens with one attached hydrogen (secondary N) is 1. The van der Waals surface area contributed by atoms with E-state index in [1.54, 1.807) is 4.90 Å². The molecule has 1 aromatic heterocycles. The van der Waals surface area contributed by atoms with E-state index in [-0.39, 0.29) is 40.3 Å². The van der Waals surface area contributed by atoms with Crippen molar-refractivity contribution in [3.8, 4) is 0 Å². The summed E-state index contributed by atoms with van der Waals surface area (Å²) in [5.41, 5.74) is 0.952. The number of anilines is 1. The van der Waals surface area contributed by atoms with Gasteiger partial charge in [-0.3, -0.25) is 9.69 Å². The highest BCUT2D eigenvalue weighted by molar-refractivity contribution is 7.90. The molecule has 210 valence electrons. The highest BCUT2D eigenvalue weighted by atomic mass is 32.2. The van der Waals surface area contributed by atoms with Gasteiger partial charge in [-0.2, -0.15) is 0 Å². The molecular formula is C29H39N5O4S. The molecule has 9 nitrogen and oxygen atoms in total. The summed E-state index contributed by atoms with van der Waals surface area (Å²) in [6.45, 7) is 1.23. The first-order valence-corrected chi connectivity index (χ1v) is 15.7. The number of hydrogen-bond acceptors (Lipinski definition) is 6. The first-order valence-electron chi connectivity index (χ1n) is 13.8. The summed E-state index contributed by atoms with van der Waals surface area (Å²) in [5, 5.41) is 2.72. The summed E-state index contributed by atoms with van der Waals surface area (Å²) < 4.78 is 23.4. The number of aromatic nitrogens is 1. The van der Waals surface area contributed by atoms with Crippen molar-refractivity contribution in [1.29, 1.82) is 0 Å². The van der Waals surface area contributed by atoms with Crippen LogP contribution in [0.2, 0.25) is 0 Å². The molecule has 2 heterocycles. The fourth-order valence-electron chi connectivity index (χ4n) is 6.54. The van der Waals surface area contributed by atoms with Crippen molar-refractivity contribution in [2.75, 3.05) is 45.3 Å². The van der Waals surface area contributed by atoms with Crippen molar-refractivity contribution in [3.63, 3.8) is 0 Å². The van der Waals surface area contributed by atoms with Gasteiger partial charge >= 0.3 is 6.03 Å². The minimum absolute atomic E-state index is 0.0607. The molecule has 1 aromatic carbocycles. The number of carbonyl (C=O) groups is 2. The average molecular weight is 554 g/mol. The van der Waals surface area contributed by atoms with Gasteiger partial charge in [-0.05, 0) is 76.2 Å². The van der Waals surface area contributed by atoms with E-state index < -0.39 is 9.84 Å². The molecule has 0 bridgehead atoms. The van der Waals surface area contributed by atoms with Gasteiger partial charge in [0.05, 0.1) is 10.4 Å². The summed E-state index contributed by atoms with van der Waals surface area (Å²) in [5.74, 6) is 0.453. The molecule has 2 saturated carbocycles. The normalized spacial score (nSPS) is 25.8. The van der Waals surface area contributed by atoms with Crippen molar-refractivity contribution in [2.45, 2.75) is 60.9 Å². The van der Waals surface area contributed by atoms with Crippen LogP contribution in [0.1, 0.15) is 50.5 Å². The minimum atomic E-state index is -3.37. The molecule has 3 aliphatic rings. The minimum Gasteiger partial charge on any atom is -0.317 e. The molecule has 1 saturated heterocycles. The lowest BCUT2D eigenvalue weighted by Crippen LogP contribution is -2.56. The second-order valence-electron chi connectivity index (χ2n) is 11.8. The maximum absolute atomic E-state index is 13.7. The van der Waals surface area contributed by atoms with E-state index in [9.17, 15) is 18.0 Å². The van der Waals surface area contributed by atoms with Crippen LogP contribution in [0.15, 0.2) is 53.6 Å². The quantitative estimate of drug-likeness (QED) is 0.535. The molecule has 39 heavy (non-hydrogen) atoms. The van der Waals surface area contributed by atoms with Gasteiger partial charge < -0.3 is 15.1 Å². The van der Waals surface area contributed by atoms with Crippen LogP contribution >= 0.6 is 0 Å². The Morgan fingerprint density at radius 1 is 1.08 bits per heavy atom. The summed E-state index contributed by atoms with van der Waals surface area (Å²) >= 11 is 0. The Hall–Kier alpha value is -2.98. The first kappa shape index (κ1) is 27.6. The lowest BCUT2D eigenvalue weighted by molar-refractivity contribution is -0.116. The Balaban J connectivity index is 1.31. The largest absolute Gasteiger partial charge is 0.321 e. The Morgan fingerprint density at radius 3 is 2.31 bits per heavy atom. The number of pyridine rings is 1. The van der Waals surface area contributed by atoms with Crippen LogP contribution in [0, 0.1) is 5.92 Å². The Morgan fingerprint density at radius 2 is 1.77 bits per heavy atom. The summed E-state index contributed by atoms with van der Waals surface area (Å²) in [6, 6.07) is 13.5. The van der Waals surface area contributed by atoms with Crippen molar-refractivity contribution in [2.24, 2.45) is 5.92 Å². The van der Waals surface area contributed by atoms with Crippen molar-refractivity contribution < 1.29 is 18.0 Å². The molecule has 5 rings (SSSR count). The number of urea groups is 1. The molecular weight excluding hydrogens is 514 g/mol. The van der Waals surface area contributed by atoms with Gasteiger partial charge in [0, 0.05) is 31.1 Å². The van der Waals surface area contributed by atoms with Gasteiger partial charge in [-0.25, -0.2) is 18.2 Å². The number of benzene rings is 1. The maximum Gasteiger partial charge on any atom is 0.321 e. The highest BCUT2D eigenvalue weighted by Gasteiger charge is 2.55. The van der Waals surface area contributed by atoms with Gasteiger partial charge in [0.15, 0.2) is 9.84 Å². The smallest absolute Gasteiger partial charge is 0.317 e. The molecule has 0 radical (unpaired) electrons. The van der Waals surface area contributed by atoms with Crippen LogP contribution in [0.25, 0.3) is 0 Å². The Labute approximate surface area is 231 Å². The maximum atomic E-state index is 13.7. The van der Waals surface area contributed by atoms with Crippen molar-refractivity contribution in [1.82, 2.24) is 19.7 Å². The predicted octanol–water partition coefficient (Wildman–Crippen LogP) is 3.73. The monoisotopic (exact) mass is 553 g/mol. The van der Waals surface area contributed by atoms with Gasteiger partial charge in [0.25, 0.3) is 0 Å². The van der Waals surface area contributed by atoms with E-state index in [2.05, 4.69) is 58.5 Å². The molecule has 0 unspecified atom stereocenters. The lowest BCUT2D eigenvalue weighted by Gasteiger charge is -2.51. The second-order valence-corrected chi connectivity index (χ2v) is 13.8. The van der Waals surface area contributed by atoms with E-state index in [1.807, 2.05) is 6.07 Å². The molecule has 10 heteroatoms. The summed E-state index contributed by atoms with van der Waals surface area (Å²) in [7, 11) is 0.914. The number of amides is 3. The molecule has 2 aliphatic carbocycles. The number of rotatable bonds is 8. The van der Waals surface area contributed by atoms with Gasteiger partial charge in [-0.15, -0.1) is 0 Å². The molecule has 3 amide bonds. The molecule has 1 aliphatic heterocycles. The van der Waals surface area contributed by atoms with Crippen LogP contribution in [-0.4, -0.2) is 85.6 Å². The lowest BCUT2D eigenvalue weighted by atomic mass is 9.68.